The van der Waals surface area contributed by atoms with Crippen LogP contribution in [0, 0.1) is 11.2 Å². The Hall–Kier alpha value is -2.48. The summed E-state index contributed by atoms with van der Waals surface area (Å²) >= 11 is 5.90. The van der Waals surface area contributed by atoms with Crippen molar-refractivity contribution in [1.82, 2.24) is 14.7 Å². The third-order valence-corrected chi connectivity index (χ3v) is 5.33. The number of halogens is 3. The molecule has 1 unspecified atom stereocenters. The predicted octanol–water partition coefficient (Wildman–Crippen LogP) is 4.12. The number of primary amides is 1. The van der Waals surface area contributed by atoms with Gasteiger partial charge in [-0.25, -0.2) is 4.39 Å². The predicted molar refractivity (Wildman–Crippen MR) is 110 cm³/mol. The lowest BCUT2D eigenvalue weighted by Crippen LogP contribution is -2.43. The highest BCUT2D eigenvalue weighted by Gasteiger charge is 2.35. The summed E-state index contributed by atoms with van der Waals surface area (Å²) in [6, 6.07) is 3.56. The van der Waals surface area contributed by atoms with Crippen LogP contribution in [-0.2, 0) is 11.3 Å². The number of nitrogens with two attached hydrogens (primary N) is 1. The summed E-state index contributed by atoms with van der Waals surface area (Å²) < 4.78 is 28.4. The van der Waals surface area contributed by atoms with E-state index in [1.165, 1.54) is 18.2 Å². The van der Waals surface area contributed by atoms with E-state index in [9.17, 15) is 18.4 Å². The van der Waals surface area contributed by atoms with Gasteiger partial charge >= 0.3 is 0 Å². The smallest absolute Gasteiger partial charge is 0.252 e. The minimum Gasteiger partial charge on any atom is -0.365 e. The summed E-state index contributed by atoms with van der Waals surface area (Å²) in [6.07, 6.45) is 0.450. The van der Waals surface area contributed by atoms with Gasteiger partial charge in [0.2, 0.25) is 5.91 Å². The van der Waals surface area contributed by atoms with E-state index in [1.807, 2.05) is 20.8 Å². The molecule has 0 saturated carbocycles. The molecule has 1 atom stereocenters. The molecule has 9 heteroatoms. The van der Waals surface area contributed by atoms with E-state index >= 15 is 0 Å². The van der Waals surface area contributed by atoms with Gasteiger partial charge in [0.25, 0.3) is 5.91 Å². The summed E-state index contributed by atoms with van der Waals surface area (Å²) in [4.78, 5) is 26.8. The molecule has 1 aliphatic rings. The van der Waals surface area contributed by atoms with Crippen LogP contribution < -0.4 is 5.73 Å². The molecule has 0 fully saturated rings. The Kier molecular flexibility index (Phi) is 6.17. The Morgan fingerprint density at radius 3 is 2.60 bits per heavy atom. The number of aromatic nitrogens is 2. The van der Waals surface area contributed by atoms with Crippen molar-refractivity contribution in [3.63, 3.8) is 0 Å². The molecule has 2 aromatic rings. The van der Waals surface area contributed by atoms with Crippen LogP contribution in [0.5, 0.6) is 0 Å². The molecule has 30 heavy (non-hydrogen) atoms. The first-order chi connectivity index (χ1) is 14.0. The molecule has 2 amide bonds. The van der Waals surface area contributed by atoms with Crippen LogP contribution >= 0.6 is 11.6 Å². The number of benzene rings is 1. The molecule has 2 N–H and O–H groups in total. The summed E-state index contributed by atoms with van der Waals surface area (Å²) in [5.74, 6) is -1.41. The van der Waals surface area contributed by atoms with E-state index in [4.69, 9.17) is 17.3 Å². The van der Waals surface area contributed by atoms with Gasteiger partial charge in [-0.15, -0.1) is 0 Å². The van der Waals surface area contributed by atoms with Gasteiger partial charge in [-0.1, -0.05) is 32.4 Å². The average molecular weight is 439 g/mol. The topological polar surface area (TPSA) is 81.2 Å². The summed E-state index contributed by atoms with van der Waals surface area (Å²) in [6.45, 7) is 5.71. The fourth-order valence-electron chi connectivity index (χ4n) is 3.70. The molecule has 6 nitrogen and oxygen atoms in total. The Morgan fingerprint density at radius 1 is 1.33 bits per heavy atom. The lowest BCUT2D eigenvalue weighted by Gasteiger charge is -2.35. The molecule has 0 radical (unpaired) electrons. The van der Waals surface area contributed by atoms with Crippen molar-refractivity contribution in [3.05, 3.63) is 40.3 Å². The van der Waals surface area contributed by atoms with Crippen LogP contribution in [0.15, 0.2) is 18.2 Å². The van der Waals surface area contributed by atoms with Crippen molar-refractivity contribution in [1.29, 1.82) is 0 Å². The molecule has 1 aromatic carbocycles. The second kappa shape index (κ2) is 8.34. The van der Waals surface area contributed by atoms with Gasteiger partial charge < -0.3 is 10.6 Å². The van der Waals surface area contributed by atoms with E-state index in [1.54, 1.807) is 9.58 Å². The number of hydrogen-bond acceptors (Lipinski definition) is 3. The minimum atomic E-state index is -0.726. The lowest BCUT2D eigenvalue weighted by atomic mass is 9.91. The van der Waals surface area contributed by atoms with Crippen LogP contribution in [0.1, 0.15) is 55.7 Å². The monoisotopic (exact) mass is 438 g/mol. The van der Waals surface area contributed by atoms with Crippen LogP contribution in [0.2, 0.25) is 5.02 Å². The van der Waals surface area contributed by atoms with Crippen LogP contribution in [0.3, 0.4) is 0 Å². The van der Waals surface area contributed by atoms with E-state index in [0.717, 1.165) is 0 Å². The third-order valence-electron chi connectivity index (χ3n) is 5.04. The highest BCUT2D eigenvalue weighted by atomic mass is 35.5. The summed E-state index contributed by atoms with van der Waals surface area (Å²) in [5.41, 5.74) is 6.69. The molecule has 0 aliphatic carbocycles. The van der Waals surface area contributed by atoms with Gasteiger partial charge in [0.05, 0.1) is 35.5 Å². The maximum absolute atomic E-state index is 13.6. The first-order valence-corrected chi connectivity index (χ1v) is 10.1. The fourth-order valence-corrected chi connectivity index (χ4v) is 3.88. The Labute approximate surface area is 179 Å². The number of alkyl halides is 1. The Balaban J connectivity index is 2.10. The van der Waals surface area contributed by atoms with Crippen LogP contribution in [0.25, 0.3) is 11.3 Å². The lowest BCUT2D eigenvalue weighted by molar-refractivity contribution is -0.135. The molecule has 2 heterocycles. The van der Waals surface area contributed by atoms with Crippen molar-refractivity contribution < 1.29 is 18.4 Å². The summed E-state index contributed by atoms with van der Waals surface area (Å²) in [7, 11) is 0. The van der Waals surface area contributed by atoms with Crippen molar-refractivity contribution >= 4 is 23.4 Å². The average Bonchev–Trinajstić information content (AvgIpc) is 3.02. The van der Waals surface area contributed by atoms with Gasteiger partial charge in [0.1, 0.15) is 11.5 Å². The molecule has 0 saturated heterocycles. The van der Waals surface area contributed by atoms with Gasteiger partial charge in [-0.2, -0.15) is 5.10 Å². The quantitative estimate of drug-likeness (QED) is 0.762. The Morgan fingerprint density at radius 2 is 2.03 bits per heavy atom. The fraction of sp³-hybridized carbons (Fsp3) is 0.476. The summed E-state index contributed by atoms with van der Waals surface area (Å²) in [5, 5.41) is 4.40. The van der Waals surface area contributed by atoms with Gasteiger partial charge in [0.15, 0.2) is 0 Å². The zero-order valence-corrected chi connectivity index (χ0v) is 18.0. The number of carbonyl (C=O) groups excluding carboxylic acids is 2. The zero-order chi connectivity index (χ0) is 22.2. The van der Waals surface area contributed by atoms with Gasteiger partial charge in [-0.3, -0.25) is 18.7 Å². The normalized spacial score (nSPS) is 16.5. The first kappa shape index (κ1) is 22.2. The highest BCUT2D eigenvalue weighted by Crippen LogP contribution is 2.34. The van der Waals surface area contributed by atoms with E-state index < -0.39 is 24.4 Å². The molecular weight excluding hydrogens is 414 g/mol. The largest absolute Gasteiger partial charge is 0.365 e. The molecular formula is C21H25ClF2N4O2. The SMILES string of the molecule is CC(C)(C)CC(=O)N1Cc2c(C(N)=O)c(-c3ccc(F)c(Cl)c3)nn2C(CCF)C1. The number of hydrogen-bond donors (Lipinski definition) is 1. The van der Waals surface area contributed by atoms with Gasteiger partial charge in [0, 0.05) is 18.5 Å². The van der Waals surface area contributed by atoms with Crippen LogP contribution in [-0.4, -0.2) is 39.7 Å². The van der Waals surface area contributed by atoms with Crippen molar-refractivity contribution in [3.8, 4) is 11.3 Å². The number of nitrogens with zero attached hydrogens (tertiary/aromatic N) is 3. The first-order valence-electron chi connectivity index (χ1n) is 9.72. The number of carbonyl (C=O) groups is 2. The second-order valence-electron chi connectivity index (χ2n) is 8.75. The van der Waals surface area contributed by atoms with E-state index in [-0.39, 0.29) is 47.1 Å². The maximum Gasteiger partial charge on any atom is 0.252 e. The maximum atomic E-state index is 13.6. The standard InChI is InChI=1S/C21H25ClF2N4O2/c1-21(2,3)9-17(29)27-10-13(6-7-23)28-16(11-27)18(20(25)30)19(26-28)12-4-5-15(24)14(22)8-12/h4-5,8,13H,6-7,9-11H2,1-3H3,(H2,25,30). The minimum absolute atomic E-state index is 0.0828. The zero-order valence-electron chi connectivity index (χ0n) is 17.2. The highest BCUT2D eigenvalue weighted by molar-refractivity contribution is 6.31. The van der Waals surface area contributed by atoms with Crippen molar-refractivity contribution in [2.45, 2.75) is 46.2 Å². The molecule has 0 bridgehead atoms. The van der Waals surface area contributed by atoms with Crippen LogP contribution in [0.4, 0.5) is 8.78 Å². The number of rotatable bonds is 5. The molecule has 0 spiro atoms. The number of amides is 2. The third kappa shape index (κ3) is 4.48. The second-order valence-corrected chi connectivity index (χ2v) is 9.16. The van der Waals surface area contributed by atoms with Crippen molar-refractivity contribution in [2.24, 2.45) is 11.1 Å². The molecule has 3 rings (SSSR count). The molecule has 1 aliphatic heterocycles. The number of fused-ring (bicyclic) bond motifs is 1. The molecule has 1 aromatic heterocycles. The van der Waals surface area contributed by atoms with Gasteiger partial charge in [-0.05, 0) is 30.0 Å². The van der Waals surface area contributed by atoms with E-state index in [2.05, 4.69) is 5.10 Å². The molecule has 162 valence electrons. The van der Waals surface area contributed by atoms with Crippen molar-refractivity contribution in [2.75, 3.05) is 13.2 Å². The van der Waals surface area contributed by atoms with E-state index in [0.29, 0.717) is 17.7 Å². The Bertz CT molecular complexity index is 984.